The maximum absolute atomic E-state index is 12.1. The van der Waals surface area contributed by atoms with E-state index in [9.17, 15) is 18.0 Å². The quantitative estimate of drug-likeness (QED) is 0.377. The number of nitrogens with one attached hydrogen (secondary N) is 1. The summed E-state index contributed by atoms with van der Waals surface area (Å²) in [6.45, 7) is 7.03. The van der Waals surface area contributed by atoms with E-state index >= 15 is 0 Å². The largest absolute Gasteiger partial charge is 0.390 e. The van der Waals surface area contributed by atoms with Crippen LogP contribution in [0.5, 0.6) is 0 Å². The molecule has 0 heterocycles. The van der Waals surface area contributed by atoms with Crippen molar-refractivity contribution in [3.8, 4) is 0 Å². The van der Waals surface area contributed by atoms with Crippen LogP contribution in [0.3, 0.4) is 0 Å². The third-order valence-electron chi connectivity index (χ3n) is 2.84. The van der Waals surface area contributed by atoms with Gasteiger partial charge in [-0.25, -0.2) is 0 Å². The van der Waals surface area contributed by atoms with Crippen molar-refractivity contribution in [3.63, 3.8) is 0 Å². The zero-order valence-corrected chi connectivity index (χ0v) is 15.9. The van der Waals surface area contributed by atoms with Gasteiger partial charge in [-0.15, -0.1) is 24.0 Å². The number of rotatable bonds is 7. The van der Waals surface area contributed by atoms with E-state index in [1.165, 1.54) is 0 Å². The summed E-state index contributed by atoms with van der Waals surface area (Å²) in [4.78, 5) is 19.1. The third kappa shape index (κ3) is 10.1. The van der Waals surface area contributed by atoms with Crippen molar-refractivity contribution in [1.82, 2.24) is 15.1 Å². The number of carbonyl (C=O) groups excluding carboxylic acids is 1. The lowest BCUT2D eigenvalue weighted by Crippen LogP contribution is -2.45. The number of amides is 1. The van der Waals surface area contributed by atoms with Crippen LogP contribution in [0.15, 0.2) is 4.99 Å². The van der Waals surface area contributed by atoms with Gasteiger partial charge in [-0.3, -0.25) is 9.79 Å². The zero-order valence-electron chi connectivity index (χ0n) is 13.5. The van der Waals surface area contributed by atoms with Crippen molar-refractivity contribution >= 4 is 35.8 Å². The van der Waals surface area contributed by atoms with E-state index in [0.29, 0.717) is 25.6 Å². The first-order chi connectivity index (χ1) is 9.75. The van der Waals surface area contributed by atoms with Gasteiger partial charge in [-0.05, 0) is 20.8 Å². The third-order valence-corrected chi connectivity index (χ3v) is 2.84. The minimum atomic E-state index is -4.23. The number of hydrogen-bond donors (Lipinski definition) is 1. The van der Waals surface area contributed by atoms with Crippen molar-refractivity contribution < 1.29 is 18.0 Å². The molecule has 132 valence electrons. The molecule has 9 heteroatoms. The number of guanidine groups is 1. The average molecular weight is 438 g/mol. The van der Waals surface area contributed by atoms with E-state index in [4.69, 9.17) is 0 Å². The number of likely N-dealkylation sites (N-methyl/N-ethyl adjacent to an activating group) is 2. The Labute approximate surface area is 147 Å². The summed E-state index contributed by atoms with van der Waals surface area (Å²) in [5.41, 5.74) is 0. The number of carbonyl (C=O) groups is 1. The molecule has 0 aromatic heterocycles. The van der Waals surface area contributed by atoms with Gasteiger partial charge in [-0.2, -0.15) is 13.2 Å². The highest BCUT2D eigenvalue weighted by Crippen LogP contribution is 2.18. The summed E-state index contributed by atoms with van der Waals surface area (Å²) in [5, 5.41) is 2.89. The van der Waals surface area contributed by atoms with Crippen LogP contribution in [0, 0.1) is 0 Å². The molecule has 0 saturated carbocycles. The first kappa shape index (κ1) is 23.5. The molecule has 0 aliphatic heterocycles. The Bertz CT molecular complexity index is 347. The van der Waals surface area contributed by atoms with Gasteiger partial charge in [0, 0.05) is 26.7 Å². The Balaban J connectivity index is 0. The van der Waals surface area contributed by atoms with E-state index in [2.05, 4.69) is 10.3 Å². The fraction of sp³-hybridized carbons (Fsp3) is 0.846. The van der Waals surface area contributed by atoms with Crippen LogP contribution in [-0.4, -0.2) is 67.6 Å². The molecule has 0 saturated heterocycles. The molecule has 0 bridgehead atoms. The average Bonchev–Trinajstić information content (AvgIpc) is 2.37. The standard InChI is InChI=1S/C13H25F3N4O.HI/c1-5-17-12(18-9-8-13(14,15)16)19(4)10-11(21)20(6-2)7-3;/h5-10H2,1-4H3,(H,17,18);1H. The second-order valence-electron chi connectivity index (χ2n) is 4.52. The van der Waals surface area contributed by atoms with Crippen LogP contribution in [-0.2, 0) is 4.79 Å². The molecule has 0 radical (unpaired) electrons. The highest BCUT2D eigenvalue weighted by atomic mass is 127. The summed E-state index contributed by atoms with van der Waals surface area (Å²) in [6.07, 6.45) is -5.20. The lowest BCUT2D eigenvalue weighted by Gasteiger charge is -2.25. The molecule has 0 aliphatic carbocycles. The molecule has 0 rings (SSSR count). The summed E-state index contributed by atoms with van der Waals surface area (Å²) < 4.78 is 36.4. The van der Waals surface area contributed by atoms with Crippen LogP contribution in [0.4, 0.5) is 13.2 Å². The van der Waals surface area contributed by atoms with Crippen molar-refractivity contribution in [3.05, 3.63) is 0 Å². The normalized spacial score (nSPS) is 11.7. The molecule has 0 aliphatic rings. The first-order valence-corrected chi connectivity index (χ1v) is 7.09. The van der Waals surface area contributed by atoms with E-state index in [1.54, 1.807) is 16.8 Å². The minimum Gasteiger partial charge on any atom is -0.357 e. The maximum Gasteiger partial charge on any atom is 0.390 e. The van der Waals surface area contributed by atoms with Gasteiger partial charge in [0.05, 0.1) is 19.5 Å². The van der Waals surface area contributed by atoms with Crippen molar-refractivity contribution in [1.29, 1.82) is 0 Å². The molecule has 1 N–H and O–H groups in total. The highest BCUT2D eigenvalue weighted by Gasteiger charge is 2.26. The Morgan fingerprint density at radius 1 is 1.18 bits per heavy atom. The van der Waals surface area contributed by atoms with Crippen molar-refractivity contribution in [2.45, 2.75) is 33.4 Å². The SMILES string of the molecule is CCNC(=NCCC(F)(F)F)N(C)CC(=O)N(CC)CC.I. The zero-order chi connectivity index (χ0) is 16.5. The lowest BCUT2D eigenvalue weighted by atomic mass is 10.4. The van der Waals surface area contributed by atoms with Gasteiger partial charge < -0.3 is 15.1 Å². The lowest BCUT2D eigenvalue weighted by molar-refractivity contribution is -0.132. The molecular weight excluding hydrogens is 412 g/mol. The Kier molecular flexibility index (Phi) is 12.6. The molecule has 0 aromatic carbocycles. The fourth-order valence-electron chi connectivity index (χ4n) is 1.71. The summed E-state index contributed by atoms with van der Waals surface area (Å²) >= 11 is 0. The smallest absolute Gasteiger partial charge is 0.357 e. The summed E-state index contributed by atoms with van der Waals surface area (Å²) in [6, 6.07) is 0. The van der Waals surface area contributed by atoms with Gasteiger partial charge in [0.1, 0.15) is 0 Å². The van der Waals surface area contributed by atoms with E-state index < -0.39 is 12.6 Å². The topological polar surface area (TPSA) is 47.9 Å². The Morgan fingerprint density at radius 2 is 1.73 bits per heavy atom. The van der Waals surface area contributed by atoms with E-state index in [0.717, 1.165) is 0 Å². The fourth-order valence-corrected chi connectivity index (χ4v) is 1.71. The molecule has 22 heavy (non-hydrogen) atoms. The maximum atomic E-state index is 12.1. The molecule has 0 atom stereocenters. The van der Waals surface area contributed by atoms with Crippen LogP contribution >= 0.6 is 24.0 Å². The number of nitrogens with zero attached hydrogens (tertiary/aromatic N) is 3. The van der Waals surface area contributed by atoms with Gasteiger partial charge in [0.15, 0.2) is 5.96 Å². The van der Waals surface area contributed by atoms with Crippen LogP contribution in [0.2, 0.25) is 0 Å². The summed E-state index contributed by atoms with van der Waals surface area (Å²) in [7, 11) is 1.64. The van der Waals surface area contributed by atoms with Crippen LogP contribution in [0.1, 0.15) is 27.2 Å². The highest BCUT2D eigenvalue weighted by molar-refractivity contribution is 14.0. The predicted molar refractivity (Wildman–Crippen MR) is 92.6 cm³/mol. The van der Waals surface area contributed by atoms with Crippen LogP contribution < -0.4 is 5.32 Å². The molecular formula is C13H26F3IN4O. The van der Waals surface area contributed by atoms with Gasteiger partial charge in [0.25, 0.3) is 0 Å². The second kappa shape index (κ2) is 11.8. The molecule has 1 amide bonds. The number of alkyl halides is 3. The van der Waals surface area contributed by atoms with Gasteiger partial charge in [0.2, 0.25) is 5.91 Å². The number of halogens is 4. The molecule has 0 fully saturated rings. The monoisotopic (exact) mass is 438 g/mol. The molecule has 0 aromatic rings. The number of hydrogen-bond acceptors (Lipinski definition) is 2. The predicted octanol–water partition coefficient (Wildman–Crippen LogP) is 2.32. The molecule has 0 unspecified atom stereocenters. The van der Waals surface area contributed by atoms with Crippen molar-refractivity contribution in [2.24, 2.45) is 4.99 Å². The molecule has 0 spiro atoms. The van der Waals surface area contributed by atoms with Gasteiger partial charge >= 0.3 is 6.18 Å². The summed E-state index contributed by atoms with van der Waals surface area (Å²) in [5.74, 6) is 0.228. The second-order valence-corrected chi connectivity index (χ2v) is 4.52. The van der Waals surface area contributed by atoms with E-state index in [-0.39, 0.29) is 43.0 Å². The molecule has 5 nitrogen and oxygen atoms in total. The van der Waals surface area contributed by atoms with Gasteiger partial charge in [-0.1, -0.05) is 0 Å². The first-order valence-electron chi connectivity index (χ1n) is 7.09. The number of aliphatic imine (C=N–C) groups is 1. The van der Waals surface area contributed by atoms with Crippen LogP contribution in [0.25, 0.3) is 0 Å². The van der Waals surface area contributed by atoms with E-state index in [1.807, 2.05) is 20.8 Å². The van der Waals surface area contributed by atoms with Crippen molar-refractivity contribution in [2.75, 3.05) is 39.8 Å². The Morgan fingerprint density at radius 3 is 2.14 bits per heavy atom. The Hall–Kier alpha value is -0.740. The minimum absolute atomic E-state index is 0.